The minimum Gasteiger partial charge on any atom is -0.493 e. The van der Waals surface area contributed by atoms with Crippen molar-refractivity contribution in [2.75, 3.05) is 30.9 Å². The van der Waals surface area contributed by atoms with Gasteiger partial charge >= 0.3 is 0 Å². The van der Waals surface area contributed by atoms with Crippen LogP contribution in [0.3, 0.4) is 0 Å². The molecule has 3 N–H and O–H groups in total. The summed E-state index contributed by atoms with van der Waals surface area (Å²) in [6.07, 6.45) is 11.5. The molecule has 1 saturated carbocycles. The topological polar surface area (TPSA) is 117 Å². The molecule has 10 nitrogen and oxygen atoms in total. The number of amides is 1. The molecule has 1 aliphatic carbocycles. The zero-order chi connectivity index (χ0) is 27.9. The Hall–Kier alpha value is -4.85. The monoisotopic (exact) mass is 543 g/mol. The number of terminal acetylenes is 1. The number of halogens is 1. The number of aromatic amines is 1. The van der Waals surface area contributed by atoms with E-state index in [1.54, 1.807) is 19.2 Å². The fraction of sp³-hybridized carbons (Fsp3) is 0.310. The Bertz CT molecular complexity index is 1530. The van der Waals surface area contributed by atoms with Crippen molar-refractivity contribution in [1.29, 1.82) is 0 Å². The molecule has 0 unspecified atom stereocenters. The van der Waals surface area contributed by atoms with Crippen LogP contribution in [0.15, 0.2) is 48.8 Å². The summed E-state index contributed by atoms with van der Waals surface area (Å²) >= 11 is 0. The SMILES string of the molecule is C#CN(CCCOc1cc2ncnc(Nc3cc(CC(=O)Nc4cccc(F)c4)[nH]n3)c2cc1OC)C1CCC1. The van der Waals surface area contributed by atoms with Crippen LogP contribution in [0.1, 0.15) is 31.4 Å². The second-order valence-electron chi connectivity index (χ2n) is 9.49. The highest BCUT2D eigenvalue weighted by Crippen LogP contribution is 2.35. The first-order chi connectivity index (χ1) is 19.5. The molecule has 40 heavy (non-hydrogen) atoms. The number of aromatic nitrogens is 4. The third kappa shape index (κ3) is 6.40. The van der Waals surface area contributed by atoms with Gasteiger partial charge < -0.3 is 25.0 Å². The Morgan fingerprint density at radius 1 is 1.23 bits per heavy atom. The highest BCUT2D eigenvalue weighted by molar-refractivity contribution is 5.93. The van der Waals surface area contributed by atoms with Gasteiger partial charge in [0.05, 0.1) is 25.7 Å². The van der Waals surface area contributed by atoms with Gasteiger partial charge in [0, 0.05) is 47.5 Å². The number of carbonyl (C=O) groups is 1. The molecule has 0 atom stereocenters. The highest BCUT2D eigenvalue weighted by atomic mass is 19.1. The number of methoxy groups -OCH3 is 1. The van der Waals surface area contributed by atoms with Gasteiger partial charge in [-0.3, -0.25) is 9.89 Å². The Balaban J connectivity index is 1.22. The number of benzene rings is 2. The van der Waals surface area contributed by atoms with E-state index in [-0.39, 0.29) is 12.3 Å². The number of anilines is 3. The van der Waals surface area contributed by atoms with Gasteiger partial charge in [0.1, 0.15) is 18.0 Å². The molecular weight excluding hydrogens is 513 g/mol. The molecule has 0 radical (unpaired) electrons. The van der Waals surface area contributed by atoms with Gasteiger partial charge in [-0.05, 0) is 49.9 Å². The lowest BCUT2D eigenvalue weighted by Gasteiger charge is -2.34. The van der Waals surface area contributed by atoms with Crippen LogP contribution >= 0.6 is 0 Å². The van der Waals surface area contributed by atoms with E-state index in [9.17, 15) is 9.18 Å². The zero-order valence-corrected chi connectivity index (χ0v) is 22.1. The van der Waals surface area contributed by atoms with E-state index in [1.165, 1.54) is 30.9 Å². The first-order valence-electron chi connectivity index (χ1n) is 13.1. The number of H-pyrrole nitrogens is 1. The molecule has 2 aromatic heterocycles. The summed E-state index contributed by atoms with van der Waals surface area (Å²) in [5.74, 6) is 1.39. The van der Waals surface area contributed by atoms with E-state index in [0.717, 1.165) is 25.8 Å². The van der Waals surface area contributed by atoms with Gasteiger partial charge in [0.15, 0.2) is 17.3 Å². The molecule has 1 aliphatic rings. The van der Waals surface area contributed by atoms with E-state index >= 15 is 0 Å². The summed E-state index contributed by atoms with van der Waals surface area (Å²) < 4.78 is 25.0. The third-order valence-electron chi connectivity index (χ3n) is 6.74. The summed E-state index contributed by atoms with van der Waals surface area (Å²) in [6, 6.07) is 14.3. The van der Waals surface area contributed by atoms with Crippen LogP contribution < -0.4 is 20.1 Å². The average molecular weight is 544 g/mol. The predicted octanol–water partition coefficient (Wildman–Crippen LogP) is 4.64. The molecule has 0 saturated heterocycles. The molecule has 206 valence electrons. The lowest BCUT2D eigenvalue weighted by Crippen LogP contribution is -2.37. The van der Waals surface area contributed by atoms with Crippen molar-refractivity contribution in [2.45, 2.75) is 38.1 Å². The van der Waals surface area contributed by atoms with E-state index in [4.69, 9.17) is 15.9 Å². The van der Waals surface area contributed by atoms with Gasteiger partial charge in [0.2, 0.25) is 5.91 Å². The lowest BCUT2D eigenvalue weighted by atomic mass is 9.92. The second kappa shape index (κ2) is 12.3. The van der Waals surface area contributed by atoms with Crippen LogP contribution in [0.5, 0.6) is 11.5 Å². The summed E-state index contributed by atoms with van der Waals surface area (Å²) in [4.78, 5) is 23.2. The lowest BCUT2D eigenvalue weighted by molar-refractivity contribution is -0.115. The van der Waals surface area contributed by atoms with Crippen molar-refractivity contribution in [3.63, 3.8) is 0 Å². The van der Waals surface area contributed by atoms with Crippen molar-refractivity contribution in [1.82, 2.24) is 25.1 Å². The Kier molecular flexibility index (Phi) is 8.25. The number of ether oxygens (including phenoxy) is 2. The maximum absolute atomic E-state index is 13.4. The molecule has 1 fully saturated rings. The smallest absolute Gasteiger partial charge is 0.230 e. The predicted molar refractivity (Wildman–Crippen MR) is 150 cm³/mol. The number of carbonyl (C=O) groups excluding carboxylic acids is 1. The first kappa shape index (κ1) is 26.7. The van der Waals surface area contributed by atoms with Crippen LogP contribution in [0.25, 0.3) is 10.9 Å². The summed E-state index contributed by atoms with van der Waals surface area (Å²) in [7, 11) is 1.58. The number of nitrogens with zero attached hydrogens (tertiary/aromatic N) is 4. The van der Waals surface area contributed by atoms with Gasteiger partial charge in [-0.15, -0.1) is 0 Å². The summed E-state index contributed by atoms with van der Waals surface area (Å²) in [6.45, 7) is 1.28. The number of rotatable bonds is 12. The van der Waals surface area contributed by atoms with Crippen LogP contribution in [0.2, 0.25) is 0 Å². The molecule has 0 bridgehead atoms. The molecule has 4 aromatic rings. The fourth-order valence-corrected chi connectivity index (χ4v) is 4.49. The number of fused-ring (bicyclic) bond motifs is 1. The van der Waals surface area contributed by atoms with Gasteiger partial charge in [-0.2, -0.15) is 5.10 Å². The molecule has 1 amide bonds. The molecule has 2 aromatic carbocycles. The fourth-order valence-electron chi connectivity index (χ4n) is 4.49. The Morgan fingerprint density at radius 2 is 2.10 bits per heavy atom. The molecular formula is C29H30FN7O3. The van der Waals surface area contributed by atoms with E-state index < -0.39 is 5.82 Å². The van der Waals surface area contributed by atoms with Crippen molar-refractivity contribution >= 4 is 34.1 Å². The minimum absolute atomic E-state index is 0.0317. The van der Waals surface area contributed by atoms with E-state index in [1.807, 2.05) is 12.1 Å². The highest BCUT2D eigenvalue weighted by Gasteiger charge is 2.22. The molecule has 11 heteroatoms. The van der Waals surface area contributed by atoms with Gasteiger partial charge in [-0.25, -0.2) is 14.4 Å². The average Bonchev–Trinajstić information content (AvgIpc) is 3.35. The zero-order valence-electron chi connectivity index (χ0n) is 22.1. The third-order valence-corrected chi connectivity index (χ3v) is 6.74. The quantitative estimate of drug-likeness (QED) is 0.134. The second-order valence-corrected chi connectivity index (χ2v) is 9.49. The van der Waals surface area contributed by atoms with E-state index in [2.05, 4.69) is 41.7 Å². The van der Waals surface area contributed by atoms with Crippen LogP contribution in [0.4, 0.5) is 21.7 Å². The number of hydrogen-bond acceptors (Lipinski definition) is 8. The standard InChI is InChI=1S/C29H30FN7O3/c1-3-37(22-9-5-10-22)11-6-12-40-26-17-24-23(16-25(26)39-2)29(32-18-31-24)34-27-14-21(35-36-27)15-28(38)33-20-8-4-7-19(30)13-20/h1,4,7-8,13-14,16-18,22H,5-6,9-12,15H2,2H3,(H,33,38)(H2,31,32,34,35,36). The maximum Gasteiger partial charge on any atom is 0.230 e. The molecule has 2 heterocycles. The van der Waals surface area contributed by atoms with Crippen molar-refractivity contribution < 1.29 is 18.7 Å². The van der Waals surface area contributed by atoms with Crippen molar-refractivity contribution in [3.05, 3.63) is 60.3 Å². The Labute approximate surface area is 231 Å². The maximum atomic E-state index is 13.4. The molecule has 5 rings (SSSR count). The normalized spacial score (nSPS) is 12.8. The first-order valence-corrected chi connectivity index (χ1v) is 13.1. The summed E-state index contributed by atoms with van der Waals surface area (Å²) in [5, 5.41) is 13.6. The Morgan fingerprint density at radius 3 is 2.85 bits per heavy atom. The van der Waals surface area contributed by atoms with Crippen LogP contribution in [0, 0.1) is 18.3 Å². The van der Waals surface area contributed by atoms with Crippen molar-refractivity contribution in [2.24, 2.45) is 0 Å². The summed E-state index contributed by atoms with van der Waals surface area (Å²) in [5.41, 5.74) is 1.62. The molecule has 0 spiro atoms. The van der Waals surface area contributed by atoms with Gasteiger partial charge in [-0.1, -0.05) is 12.5 Å². The van der Waals surface area contributed by atoms with E-state index in [0.29, 0.717) is 58.1 Å². The van der Waals surface area contributed by atoms with Crippen molar-refractivity contribution in [3.8, 4) is 24.0 Å². The number of hydrogen-bond donors (Lipinski definition) is 3. The molecule has 0 aliphatic heterocycles. The van der Waals surface area contributed by atoms with Gasteiger partial charge in [0.25, 0.3) is 0 Å². The largest absolute Gasteiger partial charge is 0.493 e. The van der Waals surface area contributed by atoms with Crippen LogP contribution in [-0.4, -0.2) is 57.3 Å². The minimum atomic E-state index is -0.422. The number of nitrogens with one attached hydrogen (secondary N) is 3. The van der Waals surface area contributed by atoms with Crippen LogP contribution in [-0.2, 0) is 11.2 Å².